The van der Waals surface area contributed by atoms with Gasteiger partial charge in [-0.3, -0.25) is 4.79 Å². The van der Waals surface area contributed by atoms with Crippen LogP contribution in [0.1, 0.15) is 29.6 Å². The fourth-order valence-electron chi connectivity index (χ4n) is 2.55. The zero-order valence-corrected chi connectivity index (χ0v) is 11.5. The van der Waals surface area contributed by atoms with Crippen LogP contribution in [0.25, 0.3) is 0 Å². The Bertz CT molecular complexity index is 455. The van der Waals surface area contributed by atoms with Gasteiger partial charge in [-0.05, 0) is 37.1 Å². The summed E-state index contributed by atoms with van der Waals surface area (Å²) in [5.74, 6) is 0.815. The highest BCUT2D eigenvalue weighted by molar-refractivity contribution is 5.94. The first-order valence-corrected chi connectivity index (χ1v) is 7.00. The number of aliphatic hydroxyl groups is 1. The van der Waals surface area contributed by atoms with Gasteiger partial charge in [-0.25, -0.2) is 0 Å². The van der Waals surface area contributed by atoms with Gasteiger partial charge < -0.3 is 15.2 Å². The van der Waals surface area contributed by atoms with Gasteiger partial charge in [0.1, 0.15) is 12.4 Å². The van der Waals surface area contributed by atoms with E-state index in [9.17, 15) is 9.90 Å². The Balaban J connectivity index is 1.93. The molecule has 108 valence electrons. The van der Waals surface area contributed by atoms with Crippen LogP contribution < -0.4 is 10.1 Å². The minimum absolute atomic E-state index is 0.0872. The second kappa shape index (κ2) is 7.10. The lowest BCUT2D eigenvalue weighted by Gasteiger charge is -2.19. The first kappa shape index (κ1) is 14.6. The molecule has 1 saturated carbocycles. The molecule has 20 heavy (non-hydrogen) atoms. The van der Waals surface area contributed by atoms with Crippen LogP contribution in [0.5, 0.6) is 5.75 Å². The van der Waals surface area contributed by atoms with Crippen LogP contribution in [0, 0.1) is 5.92 Å². The average molecular weight is 275 g/mol. The largest absolute Gasteiger partial charge is 0.490 e. The lowest BCUT2D eigenvalue weighted by Crippen LogP contribution is -2.38. The third kappa shape index (κ3) is 3.61. The molecule has 1 amide bonds. The minimum Gasteiger partial charge on any atom is -0.490 e. The van der Waals surface area contributed by atoms with Gasteiger partial charge in [0.05, 0.1) is 0 Å². The maximum Gasteiger partial charge on any atom is 0.251 e. The van der Waals surface area contributed by atoms with Crippen molar-refractivity contribution in [2.45, 2.75) is 25.3 Å². The molecular formula is C16H21NO3. The van der Waals surface area contributed by atoms with Crippen molar-refractivity contribution < 1.29 is 14.6 Å². The molecule has 0 radical (unpaired) electrons. The summed E-state index contributed by atoms with van der Waals surface area (Å²) < 4.78 is 5.37. The number of hydrogen-bond donors (Lipinski definition) is 2. The predicted octanol–water partition coefficient (Wildman–Crippen LogP) is 2.14. The lowest BCUT2D eigenvalue weighted by atomic mass is 10.0. The van der Waals surface area contributed by atoms with E-state index in [4.69, 9.17) is 4.74 Å². The molecule has 0 aromatic heterocycles. The molecule has 4 nitrogen and oxygen atoms in total. The zero-order chi connectivity index (χ0) is 14.4. The van der Waals surface area contributed by atoms with Gasteiger partial charge in [0.2, 0.25) is 0 Å². The first-order chi connectivity index (χ1) is 9.74. The Morgan fingerprint density at radius 3 is 2.80 bits per heavy atom. The highest BCUT2D eigenvalue weighted by Crippen LogP contribution is 2.25. The van der Waals surface area contributed by atoms with Crippen LogP contribution in [0.2, 0.25) is 0 Å². The monoisotopic (exact) mass is 275 g/mol. The molecular weight excluding hydrogens is 254 g/mol. The Morgan fingerprint density at radius 2 is 2.15 bits per heavy atom. The fourth-order valence-corrected chi connectivity index (χ4v) is 2.55. The maximum absolute atomic E-state index is 12.1. The molecule has 0 aliphatic heterocycles. The van der Waals surface area contributed by atoms with E-state index in [-0.39, 0.29) is 24.5 Å². The van der Waals surface area contributed by atoms with Crippen LogP contribution >= 0.6 is 0 Å². The SMILES string of the molecule is C=CCOc1ccc(C(=O)NC2CCCC2CO)cc1. The molecule has 4 heteroatoms. The number of nitrogens with one attached hydrogen (secondary N) is 1. The van der Waals surface area contributed by atoms with Gasteiger partial charge in [-0.2, -0.15) is 0 Å². The Morgan fingerprint density at radius 1 is 1.40 bits per heavy atom. The van der Waals surface area contributed by atoms with Crippen molar-refractivity contribution in [3.05, 3.63) is 42.5 Å². The summed E-state index contributed by atoms with van der Waals surface area (Å²) in [6.45, 7) is 4.17. The van der Waals surface area contributed by atoms with Crippen molar-refractivity contribution in [2.75, 3.05) is 13.2 Å². The van der Waals surface area contributed by atoms with E-state index in [1.807, 2.05) is 0 Å². The number of hydrogen-bond acceptors (Lipinski definition) is 3. The summed E-state index contributed by atoms with van der Waals surface area (Å²) in [5.41, 5.74) is 0.611. The number of ether oxygens (including phenoxy) is 1. The second-order valence-corrected chi connectivity index (χ2v) is 5.08. The smallest absolute Gasteiger partial charge is 0.251 e. The van der Waals surface area contributed by atoms with E-state index in [2.05, 4.69) is 11.9 Å². The van der Waals surface area contributed by atoms with Gasteiger partial charge in [0.15, 0.2) is 0 Å². The van der Waals surface area contributed by atoms with Crippen LogP contribution in [-0.4, -0.2) is 30.3 Å². The fraction of sp³-hybridized carbons (Fsp3) is 0.438. The lowest BCUT2D eigenvalue weighted by molar-refractivity contribution is 0.0916. The van der Waals surface area contributed by atoms with E-state index in [1.165, 1.54) is 0 Å². The van der Waals surface area contributed by atoms with Gasteiger partial charge in [-0.15, -0.1) is 0 Å². The molecule has 2 rings (SSSR count). The van der Waals surface area contributed by atoms with Gasteiger partial charge >= 0.3 is 0 Å². The highest BCUT2D eigenvalue weighted by atomic mass is 16.5. The summed E-state index contributed by atoms with van der Waals surface area (Å²) in [4.78, 5) is 12.1. The number of rotatable bonds is 6. The number of aliphatic hydroxyl groups excluding tert-OH is 1. The van der Waals surface area contributed by atoms with Crippen LogP contribution in [0.4, 0.5) is 0 Å². The topological polar surface area (TPSA) is 58.6 Å². The van der Waals surface area contributed by atoms with Gasteiger partial charge in [0, 0.05) is 24.1 Å². The third-order valence-electron chi connectivity index (χ3n) is 3.69. The molecule has 0 heterocycles. The van der Waals surface area contributed by atoms with Crippen LogP contribution in [-0.2, 0) is 0 Å². The summed E-state index contributed by atoms with van der Waals surface area (Å²) in [6, 6.07) is 7.13. The molecule has 1 aliphatic carbocycles. The van der Waals surface area contributed by atoms with Crippen molar-refractivity contribution in [1.82, 2.24) is 5.32 Å². The molecule has 1 aromatic carbocycles. The van der Waals surface area contributed by atoms with Gasteiger partial charge in [0.25, 0.3) is 5.91 Å². The van der Waals surface area contributed by atoms with E-state index < -0.39 is 0 Å². The summed E-state index contributed by atoms with van der Waals surface area (Å²) >= 11 is 0. The quantitative estimate of drug-likeness (QED) is 0.782. The molecule has 1 aromatic rings. The number of carbonyl (C=O) groups excluding carboxylic acids is 1. The molecule has 1 fully saturated rings. The van der Waals surface area contributed by atoms with E-state index in [0.29, 0.717) is 12.2 Å². The number of carbonyl (C=O) groups is 1. The van der Waals surface area contributed by atoms with Gasteiger partial charge in [-0.1, -0.05) is 19.1 Å². The van der Waals surface area contributed by atoms with Crippen molar-refractivity contribution in [1.29, 1.82) is 0 Å². The Labute approximate surface area is 119 Å². The zero-order valence-electron chi connectivity index (χ0n) is 11.5. The number of amides is 1. The summed E-state index contributed by atoms with van der Waals surface area (Å²) in [7, 11) is 0. The molecule has 0 bridgehead atoms. The molecule has 2 unspecified atom stereocenters. The van der Waals surface area contributed by atoms with E-state index in [1.54, 1.807) is 30.3 Å². The van der Waals surface area contributed by atoms with Crippen LogP contribution in [0.3, 0.4) is 0 Å². The highest BCUT2D eigenvalue weighted by Gasteiger charge is 2.27. The van der Waals surface area contributed by atoms with E-state index >= 15 is 0 Å². The van der Waals surface area contributed by atoms with E-state index in [0.717, 1.165) is 25.0 Å². The maximum atomic E-state index is 12.1. The number of benzene rings is 1. The second-order valence-electron chi connectivity index (χ2n) is 5.08. The normalized spacial score (nSPS) is 21.4. The third-order valence-corrected chi connectivity index (χ3v) is 3.69. The average Bonchev–Trinajstić information content (AvgIpc) is 2.92. The van der Waals surface area contributed by atoms with Crippen molar-refractivity contribution in [2.24, 2.45) is 5.92 Å². The van der Waals surface area contributed by atoms with Crippen molar-refractivity contribution in [3.8, 4) is 5.75 Å². The van der Waals surface area contributed by atoms with Crippen molar-refractivity contribution in [3.63, 3.8) is 0 Å². The molecule has 0 spiro atoms. The molecule has 2 atom stereocenters. The summed E-state index contributed by atoms with van der Waals surface area (Å²) in [6.07, 6.45) is 4.66. The molecule has 0 saturated heterocycles. The standard InChI is InChI=1S/C16H21NO3/c1-2-10-20-14-8-6-12(7-9-14)16(19)17-15-5-3-4-13(15)11-18/h2,6-9,13,15,18H,1,3-5,10-11H2,(H,17,19). The Hall–Kier alpha value is -1.81. The first-order valence-electron chi connectivity index (χ1n) is 7.00. The summed E-state index contributed by atoms with van der Waals surface area (Å²) in [5, 5.41) is 12.3. The minimum atomic E-state index is -0.0920. The molecule has 2 N–H and O–H groups in total. The van der Waals surface area contributed by atoms with Crippen LogP contribution in [0.15, 0.2) is 36.9 Å². The predicted molar refractivity (Wildman–Crippen MR) is 77.8 cm³/mol. The Kier molecular flexibility index (Phi) is 5.18. The van der Waals surface area contributed by atoms with Crippen molar-refractivity contribution >= 4 is 5.91 Å². The molecule has 1 aliphatic rings.